The average molecular weight is 339 g/mol. The topological polar surface area (TPSA) is 87.3 Å². The van der Waals surface area contributed by atoms with E-state index in [0.29, 0.717) is 24.2 Å². The van der Waals surface area contributed by atoms with Gasteiger partial charge in [-0.05, 0) is 50.4 Å². The molecule has 1 amide bonds. The van der Waals surface area contributed by atoms with E-state index in [2.05, 4.69) is 15.4 Å². The molecule has 7 heteroatoms. The fraction of sp³-hybridized carbons (Fsp3) is 0.562. The van der Waals surface area contributed by atoms with Crippen molar-refractivity contribution in [2.75, 3.05) is 22.3 Å². The summed E-state index contributed by atoms with van der Waals surface area (Å²) in [5.41, 5.74) is 1.87. The Bertz CT molecular complexity index is 653. The van der Waals surface area contributed by atoms with Crippen LogP contribution in [0.3, 0.4) is 0 Å². The predicted octanol–water partition coefficient (Wildman–Crippen LogP) is 2.23. The van der Waals surface area contributed by atoms with Gasteiger partial charge in [-0.1, -0.05) is 13.0 Å². The Labute approximate surface area is 138 Å². The SMILES string of the molecule is CCCS(=O)(=O)Nc1cccc(NC(=O)CC2CCCN2)c1C. The maximum atomic E-state index is 12.1. The van der Waals surface area contributed by atoms with Crippen molar-refractivity contribution < 1.29 is 13.2 Å². The van der Waals surface area contributed by atoms with E-state index in [9.17, 15) is 13.2 Å². The van der Waals surface area contributed by atoms with Crippen LogP contribution in [0, 0.1) is 6.92 Å². The summed E-state index contributed by atoms with van der Waals surface area (Å²) < 4.78 is 26.4. The van der Waals surface area contributed by atoms with Gasteiger partial charge in [0.1, 0.15) is 0 Å². The first-order chi connectivity index (χ1) is 10.9. The third-order valence-corrected chi connectivity index (χ3v) is 5.42. The average Bonchev–Trinajstić information content (AvgIpc) is 2.95. The zero-order valence-corrected chi connectivity index (χ0v) is 14.5. The predicted molar refractivity (Wildman–Crippen MR) is 93.2 cm³/mol. The van der Waals surface area contributed by atoms with Crippen LogP contribution in [0.15, 0.2) is 18.2 Å². The third kappa shape index (κ3) is 5.21. The zero-order valence-electron chi connectivity index (χ0n) is 13.7. The summed E-state index contributed by atoms with van der Waals surface area (Å²) in [6.45, 7) is 4.58. The summed E-state index contributed by atoms with van der Waals surface area (Å²) in [4.78, 5) is 12.1. The highest BCUT2D eigenvalue weighted by atomic mass is 32.2. The second-order valence-corrected chi connectivity index (χ2v) is 7.79. The molecular formula is C16H25N3O3S. The summed E-state index contributed by atoms with van der Waals surface area (Å²) in [7, 11) is -3.34. The van der Waals surface area contributed by atoms with Crippen LogP contribution in [-0.2, 0) is 14.8 Å². The first kappa shape index (κ1) is 17.7. The summed E-state index contributed by atoms with van der Waals surface area (Å²) in [6, 6.07) is 5.46. The van der Waals surface area contributed by atoms with Gasteiger partial charge in [0, 0.05) is 18.2 Å². The van der Waals surface area contributed by atoms with E-state index in [1.165, 1.54) is 0 Å². The molecule has 0 saturated carbocycles. The highest BCUT2D eigenvalue weighted by molar-refractivity contribution is 7.92. The van der Waals surface area contributed by atoms with Crippen LogP contribution in [0.1, 0.15) is 38.2 Å². The lowest BCUT2D eigenvalue weighted by atomic mass is 10.1. The van der Waals surface area contributed by atoms with Gasteiger partial charge in [0.05, 0.1) is 11.4 Å². The van der Waals surface area contributed by atoms with Gasteiger partial charge in [0.2, 0.25) is 15.9 Å². The first-order valence-electron chi connectivity index (χ1n) is 8.04. The molecule has 2 rings (SSSR count). The lowest BCUT2D eigenvalue weighted by Gasteiger charge is -2.15. The summed E-state index contributed by atoms with van der Waals surface area (Å²) in [5.74, 6) is 0.0252. The van der Waals surface area contributed by atoms with Crippen molar-refractivity contribution in [2.24, 2.45) is 0 Å². The molecule has 1 aliphatic heterocycles. The number of anilines is 2. The molecule has 0 bridgehead atoms. The van der Waals surface area contributed by atoms with E-state index < -0.39 is 10.0 Å². The Balaban J connectivity index is 2.05. The van der Waals surface area contributed by atoms with Crippen molar-refractivity contribution in [3.05, 3.63) is 23.8 Å². The van der Waals surface area contributed by atoms with Crippen LogP contribution in [0.2, 0.25) is 0 Å². The molecule has 23 heavy (non-hydrogen) atoms. The normalized spacial score (nSPS) is 17.9. The lowest BCUT2D eigenvalue weighted by Crippen LogP contribution is -2.27. The highest BCUT2D eigenvalue weighted by Crippen LogP contribution is 2.25. The largest absolute Gasteiger partial charge is 0.326 e. The molecule has 1 atom stereocenters. The lowest BCUT2D eigenvalue weighted by molar-refractivity contribution is -0.116. The van der Waals surface area contributed by atoms with Gasteiger partial charge in [0.25, 0.3) is 0 Å². The van der Waals surface area contributed by atoms with Gasteiger partial charge < -0.3 is 10.6 Å². The van der Waals surface area contributed by atoms with E-state index in [0.717, 1.165) is 24.9 Å². The smallest absolute Gasteiger partial charge is 0.232 e. The fourth-order valence-corrected chi connectivity index (χ4v) is 3.92. The number of benzene rings is 1. The Morgan fingerprint density at radius 1 is 1.35 bits per heavy atom. The van der Waals surface area contributed by atoms with Crippen LogP contribution in [0.4, 0.5) is 11.4 Å². The van der Waals surface area contributed by atoms with Crippen molar-refractivity contribution >= 4 is 27.3 Å². The van der Waals surface area contributed by atoms with Crippen molar-refractivity contribution in [3.8, 4) is 0 Å². The number of carbonyl (C=O) groups excluding carboxylic acids is 1. The molecule has 128 valence electrons. The van der Waals surface area contributed by atoms with Crippen molar-refractivity contribution in [3.63, 3.8) is 0 Å². The van der Waals surface area contributed by atoms with E-state index in [1.54, 1.807) is 25.1 Å². The Hall–Kier alpha value is -1.60. The maximum Gasteiger partial charge on any atom is 0.232 e. The minimum atomic E-state index is -3.34. The van der Waals surface area contributed by atoms with E-state index >= 15 is 0 Å². The number of hydrogen-bond acceptors (Lipinski definition) is 4. The number of amides is 1. The Kier molecular flexibility index (Phi) is 6.01. The maximum absolute atomic E-state index is 12.1. The Morgan fingerprint density at radius 2 is 2.09 bits per heavy atom. The summed E-state index contributed by atoms with van der Waals surface area (Å²) in [5, 5.41) is 6.17. The van der Waals surface area contributed by atoms with Crippen LogP contribution in [-0.4, -0.2) is 32.7 Å². The molecule has 1 unspecified atom stereocenters. The number of nitrogens with one attached hydrogen (secondary N) is 3. The molecule has 1 aromatic rings. The van der Waals surface area contributed by atoms with Crippen LogP contribution in [0.5, 0.6) is 0 Å². The van der Waals surface area contributed by atoms with Gasteiger partial charge in [0.15, 0.2) is 0 Å². The van der Waals surface area contributed by atoms with Crippen molar-refractivity contribution in [1.82, 2.24) is 5.32 Å². The standard InChI is InChI=1S/C16H25N3O3S/c1-3-10-23(21,22)19-15-8-4-7-14(12(15)2)18-16(20)11-13-6-5-9-17-13/h4,7-8,13,17,19H,3,5-6,9-11H2,1-2H3,(H,18,20). The molecule has 1 aromatic carbocycles. The molecular weight excluding hydrogens is 314 g/mol. The number of rotatable bonds is 7. The monoisotopic (exact) mass is 339 g/mol. The van der Waals surface area contributed by atoms with Gasteiger partial charge in [-0.2, -0.15) is 0 Å². The molecule has 0 spiro atoms. The molecule has 3 N–H and O–H groups in total. The van der Waals surface area contributed by atoms with Crippen LogP contribution in [0.25, 0.3) is 0 Å². The zero-order chi connectivity index (χ0) is 16.9. The van der Waals surface area contributed by atoms with E-state index in [-0.39, 0.29) is 17.7 Å². The van der Waals surface area contributed by atoms with E-state index in [4.69, 9.17) is 0 Å². The van der Waals surface area contributed by atoms with Crippen molar-refractivity contribution in [2.45, 2.75) is 45.6 Å². The summed E-state index contributed by atoms with van der Waals surface area (Å²) in [6.07, 6.45) is 3.11. The minimum Gasteiger partial charge on any atom is -0.326 e. The van der Waals surface area contributed by atoms with Gasteiger partial charge in [-0.25, -0.2) is 8.42 Å². The summed E-state index contributed by atoms with van der Waals surface area (Å²) >= 11 is 0. The fourth-order valence-electron chi connectivity index (χ4n) is 2.72. The molecule has 0 radical (unpaired) electrons. The van der Waals surface area contributed by atoms with Gasteiger partial charge in [-0.3, -0.25) is 9.52 Å². The number of carbonyl (C=O) groups is 1. The third-order valence-electron chi connectivity index (χ3n) is 3.94. The van der Waals surface area contributed by atoms with Crippen molar-refractivity contribution in [1.29, 1.82) is 0 Å². The van der Waals surface area contributed by atoms with Gasteiger partial charge in [-0.15, -0.1) is 0 Å². The quantitative estimate of drug-likeness (QED) is 0.711. The van der Waals surface area contributed by atoms with Crippen LogP contribution < -0.4 is 15.4 Å². The Morgan fingerprint density at radius 3 is 2.74 bits per heavy atom. The molecule has 0 aliphatic carbocycles. The van der Waals surface area contributed by atoms with Crippen LogP contribution >= 0.6 is 0 Å². The first-order valence-corrected chi connectivity index (χ1v) is 9.70. The molecule has 6 nitrogen and oxygen atoms in total. The second-order valence-electron chi connectivity index (χ2n) is 5.94. The number of hydrogen-bond donors (Lipinski definition) is 3. The number of sulfonamides is 1. The molecule has 1 heterocycles. The van der Waals surface area contributed by atoms with Gasteiger partial charge >= 0.3 is 0 Å². The molecule has 1 aliphatic rings. The van der Waals surface area contributed by atoms with E-state index in [1.807, 2.05) is 6.92 Å². The molecule has 1 fully saturated rings. The molecule has 1 saturated heterocycles. The highest BCUT2D eigenvalue weighted by Gasteiger charge is 2.18. The second kappa shape index (κ2) is 7.79. The molecule has 0 aromatic heterocycles. The minimum absolute atomic E-state index is 0.0546.